The van der Waals surface area contributed by atoms with Gasteiger partial charge in [-0.25, -0.2) is 0 Å². The highest BCUT2D eigenvalue weighted by molar-refractivity contribution is 8.14. The zero-order valence-electron chi connectivity index (χ0n) is 6.00. The monoisotopic (exact) mass is 150 g/mol. The van der Waals surface area contributed by atoms with Crippen molar-refractivity contribution in [3.63, 3.8) is 0 Å². The van der Waals surface area contributed by atoms with E-state index in [1.807, 2.05) is 0 Å². The van der Waals surface area contributed by atoms with Gasteiger partial charge in [0.1, 0.15) is 0 Å². The molecule has 0 nitrogen and oxygen atoms in total. The second-order valence-electron chi connectivity index (χ2n) is 2.65. The molecule has 10 heavy (non-hydrogen) atoms. The molecule has 0 saturated carbocycles. The molecule has 0 radical (unpaired) electrons. The molecule has 0 N–H and O–H groups in total. The average molecular weight is 150 g/mol. The number of fused-ring (bicyclic) bond motifs is 1. The number of hydrogen-bond acceptors (Lipinski definition) is 0. The van der Waals surface area contributed by atoms with Gasteiger partial charge in [-0.1, -0.05) is 24.3 Å². The molecule has 1 aromatic rings. The maximum Gasteiger partial charge on any atom is 0.0138 e. The van der Waals surface area contributed by atoms with Crippen LogP contribution in [-0.2, 0) is 5.75 Å². The molecule has 0 saturated heterocycles. The van der Waals surface area contributed by atoms with E-state index in [1.165, 1.54) is 16.9 Å². The lowest BCUT2D eigenvalue weighted by Crippen LogP contribution is -1.79. The van der Waals surface area contributed by atoms with Crippen molar-refractivity contribution in [3.8, 4) is 0 Å². The second kappa shape index (κ2) is 2.24. The Morgan fingerprint density at radius 2 is 2.10 bits per heavy atom. The fraction of sp³-hybridized carbons (Fsp3) is 0.222. The first-order valence-electron chi connectivity index (χ1n) is 3.40. The van der Waals surface area contributed by atoms with E-state index < -0.39 is 0 Å². The lowest BCUT2D eigenvalue weighted by Gasteiger charge is -1.93. The minimum absolute atomic E-state index is 0.506. The quantitative estimate of drug-likeness (QED) is 0.498. The molecular weight excluding hydrogens is 140 g/mol. The summed E-state index contributed by atoms with van der Waals surface area (Å²) in [5.74, 6) is 1.26. The summed E-state index contributed by atoms with van der Waals surface area (Å²) in [5, 5.41) is 2.37. The van der Waals surface area contributed by atoms with Gasteiger partial charge < -0.3 is 0 Å². The van der Waals surface area contributed by atoms with Crippen molar-refractivity contribution in [2.45, 2.75) is 5.75 Å². The van der Waals surface area contributed by atoms with Crippen LogP contribution in [0.3, 0.4) is 0 Å². The van der Waals surface area contributed by atoms with E-state index in [2.05, 4.69) is 35.9 Å². The Hall–Kier alpha value is -0.560. The summed E-state index contributed by atoms with van der Waals surface area (Å²) in [4.78, 5) is 0. The van der Waals surface area contributed by atoms with Crippen molar-refractivity contribution >= 4 is 15.9 Å². The van der Waals surface area contributed by atoms with Gasteiger partial charge in [0.2, 0.25) is 0 Å². The molecule has 1 unspecified atom stereocenters. The highest BCUT2D eigenvalue weighted by Crippen LogP contribution is 2.26. The summed E-state index contributed by atoms with van der Waals surface area (Å²) in [6, 6.07) is 8.65. The van der Waals surface area contributed by atoms with Crippen molar-refractivity contribution < 1.29 is 0 Å². The highest BCUT2D eigenvalue weighted by Gasteiger charge is 2.05. The van der Waals surface area contributed by atoms with E-state index in [1.54, 1.807) is 0 Å². The van der Waals surface area contributed by atoms with Crippen LogP contribution in [0.25, 0.3) is 0 Å². The molecule has 0 aliphatic carbocycles. The Bertz CT molecular complexity index is 287. The molecular formula is C9H10S. The van der Waals surface area contributed by atoms with Crippen LogP contribution in [-0.4, -0.2) is 11.6 Å². The maximum absolute atomic E-state index is 2.37. The smallest absolute Gasteiger partial charge is 0.0138 e. The van der Waals surface area contributed by atoms with Gasteiger partial charge in [0.15, 0.2) is 0 Å². The van der Waals surface area contributed by atoms with Crippen molar-refractivity contribution in [2.24, 2.45) is 0 Å². The molecule has 0 fully saturated rings. The Balaban J connectivity index is 2.54. The van der Waals surface area contributed by atoms with Gasteiger partial charge in [-0.2, -0.15) is 10.5 Å². The zero-order chi connectivity index (χ0) is 6.97. The summed E-state index contributed by atoms with van der Waals surface area (Å²) in [5.41, 5.74) is 2.97. The third kappa shape index (κ3) is 0.907. The minimum Gasteiger partial charge on any atom is -0.184 e. The van der Waals surface area contributed by atoms with Gasteiger partial charge in [0, 0.05) is 5.75 Å². The molecule has 2 rings (SSSR count). The van der Waals surface area contributed by atoms with Gasteiger partial charge in [-0.15, -0.1) is 0 Å². The summed E-state index contributed by atoms with van der Waals surface area (Å²) in [6.07, 6.45) is 2.29. The van der Waals surface area contributed by atoms with Crippen LogP contribution < -0.4 is 0 Å². The van der Waals surface area contributed by atoms with Crippen LogP contribution >= 0.6 is 10.5 Å². The largest absolute Gasteiger partial charge is 0.184 e. The second-order valence-corrected chi connectivity index (χ2v) is 4.56. The van der Waals surface area contributed by atoms with Crippen LogP contribution in [0.4, 0.5) is 0 Å². The van der Waals surface area contributed by atoms with E-state index in [0.29, 0.717) is 10.5 Å². The van der Waals surface area contributed by atoms with Crippen molar-refractivity contribution in [2.75, 3.05) is 6.26 Å². The first-order chi connectivity index (χ1) is 4.86. The third-order valence-corrected chi connectivity index (χ3v) is 3.19. The molecule has 1 heterocycles. The molecule has 1 aliphatic heterocycles. The van der Waals surface area contributed by atoms with Crippen LogP contribution in [0.5, 0.6) is 0 Å². The van der Waals surface area contributed by atoms with Crippen LogP contribution in [0.1, 0.15) is 11.1 Å². The maximum atomic E-state index is 2.37. The van der Waals surface area contributed by atoms with Gasteiger partial charge >= 0.3 is 0 Å². The van der Waals surface area contributed by atoms with Gasteiger partial charge in [-0.05, 0) is 22.8 Å². The molecule has 0 bridgehead atoms. The SMILES string of the molecule is CS1=Cc2ccccc2C1. The van der Waals surface area contributed by atoms with E-state index in [4.69, 9.17) is 0 Å². The minimum atomic E-state index is 0.506. The highest BCUT2D eigenvalue weighted by atomic mass is 32.2. The predicted octanol–water partition coefficient (Wildman–Crippen LogP) is 2.25. The Morgan fingerprint density at radius 3 is 2.90 bits per heavy atom. The molecule has 0 amide bonds. The summed E-state index contributed by atoms with van der Waals surface area (Å²) in [6.45, 7) is 0. The molecule has 0 spiro atoms. The first kappa shape index (κ1) is 6.17. The van der Waals surface area contributed by atoms with E-state index in [-0.39, 0.29) is 0 Å². The first-order valence-corrected chi connectivity index (χ1v) is 5.27. The summed E-state index contributed by atoms with van der Waals surface area (Å²) >= 11 is 0. The van der Waals surface area contributed by atoms with Gasteiger partial charge in [0.05, 0.1) is 0 Å². The van der Waals surface area contributed by atoms with Crippen molar-refractivity contribution in [3.05, 3.63) is 35.4 Å². The van der Waals surface area contributed by atoms with Crippen LogP contribution in [0.15, 0.2) is 24.3 Å². The van der Waals surface area contributed by atoms with Gasteiger partial charge in [-0.3, -0.25) is 0 Å². The molecule has 1 aliphatic rings. The van der Waals surface area contributed by atoms with Crippen molar-refractivity contribution in [1.82, 2.24) is 0 Å². The lowest BCUT2D eigenvalue weighted by atomic mass is 10.1. The molecule has 0 aromatic heterocycles. The summed E-state index contributed by atoms with van der Waals surface area (Å²) in [7, 11) is 0.506. The Kier molecular flexibility index (Phi) is 1.38. The molecule has 1 atom stereocenters. The van der Waals surface area contributed by atoms with Gasteiger partial charge in [0.25, 0.3) is 0 Å². The fourth-order valence-electron chi connectivity index (χ4n) is 1.28. The lowest BCUT2D eigenvalue weighted by molar-refractivity contribution is 1.42. The number of benzene rings is 1. The van der Waals surface area contributed by atoms with Crippen LogP contribution in [0, 0.1) is 0 Å². The zero-order valence-corrected chi connectivity index (χ0v) is 6.82. The number of rotatable bonds is 0. The van der Waals surface area contributed by atoms with Crippen molar-refractivity contribution in [1.29, 1.82) is 0 Å². The van der Waals surface area contributed by atoms with Crippen LogP contribution in [0.2, 0.25) is 0 Å². The standard InChI is InChI=1S/C9H10S/c1-10-6-8-4-2-3-5-9(8)7-10/h2-6H,7H2,1H3. The van der Waals surface area contributed by atoms with E-state index in [9.17, 15) is 0 Å². The molecule has 1 aromatic carbocycles. The summed E-state index contributed by atoms with van der Waals surface area (Å²) < 4.78 is 0. The van der Waals surface area contributed by atoms with E-state index >= 15 is 0 Å². The predicted molar refractivity (Wildman–Crippen MR) is 48.8 cm³/mol. The van der Waals surface area contributed by atoms with E-state index in [0.717, 1.165) is 0 Å². The molecule has 52 valence electrons. The Labute approximate surface area is 63.8 Å². The number of hydrogen-bond donors (Lipinski definition) is 0. The fourth-order valence-corrected chi connectivity index (χ4v) is 2.78. The topological polar surface area (TPSA) is 0 Å². The molecule has 1 heteroatoms. The Morgan fingerprint density at radius 1 is 1.30 bits per heavy atom. The average Bonchev–Trinajstić information content (AvgIpc) is 2.27. The normalized spacial score (nSPS) is 21.9. The third-order valence-electron chi connectivity index (χ3n) is 1.77.